The molecule has 0 saturated carbocycles. The molecule has 4 N–H and O–H groups in total. The van der Waals surface area contributed by atoms with Gasteiger partial charge in [-0.15, -0.1) is 0 Å². The maximum absolute atomic E-state index is 11.8. The molecule has 0 saturated heterocycles. The summed E-state index contributed by atoms with van der Waals surface area (Å²) in [6, 6.07) is -1.87. The lowest BCUT2D eigenvalue weighted by atomic mass is 10.1. The maximum atomic E-state index is 11.8. The smallest absolute Gasteiger partial charge is 0.326 e. The largest absolute Gasteiger partial charge is 0.480 e. The van der Waals surface area contributed by atoms with Gasteiger partial charge in [-0.25, -0.2) is 9.59 Å². The van der Waals surface area contributed by atoms with E-state index in [0.29, 0.717) is 0 Å². The van der Waals surface area contributed by atoms with Crippen LogP contribution in [0.25, 0.3) is 0 Å². The van der Waals surface area contributed by atoms with Gasteiger partial charge in [0, 0.05) is 20.0 Å². The molecular formula is C12H21N3O6. The van der Waals surface area contributed by atoms with Gasteiger partial charge < -0.3 is 25.8 Å². The highest BCUT2D eigenvalue weighted by Crippen LogP contribution is 2.00. The third-order valence-corrected chi connectivity index (χ3v) is 2.58. The highest BCUT2D eigenvalue weighted by molar-refractivity contribution is 5.83. The Morgan fingerprint density at radius 3 is 2.38 bits per heavy atom. The molecule has 0 aliphatic heterocycles. The number of carboxylic acid groups (broad SMARTS) is 1. The van der Waals surface area contributed by atoms with Crippen molar-refractivity contribution < 1.29 is 29.0 Å². The summed E-state index contributed by atoms with van der Waals surface area (Å²) in [6.07, 6.45) is -0.233. The summed E-state index contributed by atoms with van der Waals surface area (Å²) in [5, 5.41) is 11.2. The molecule has 0 bridgehead atoms. The third kappa shape index (κ3) is 8.45. The minimum atomic E-state index is -1.26. The molecule has 0 radical (unpaired) electrons. The van der Waals surface area contributed by atoms with Gasteiger partial charge >= 0.3 is 18.0 Å². The van der Waals surface area contributed by atoms with E-state index in [1.54, 1.807) is 6.92 Å². The number of nitrogens with two attached hydrogens (primary N) is 1. The van der Waals surface area contributed by atoms with Crippen LogP contribution in [0.4, 0.5) is 4.79 Å². The minimum Gasteiger partial charge on any atom is -0.480 e. The van der Waals surface area contributed by atoms with Crippen LogP contribution >= 0.6 is 0 Å². The maximum Gasteiger partial charge on any atom is 0.326 e. The molecule has 0 aromatic heterocycles. The lowest BCUT2D eigenvalue weighted by molar-refractivity contribution is -0.143. The summed E-state index contributed by atoms with van der Waals surface area (Å²) in [4.78, 5) is 45.7. The number of rotatable bonds is 9. The molecule has 0 spiro atoms. The molecule has 3 amide bonds. The average Bonchev–Trinajstić information content (AvgIpc) is 2.40. The fourth-order valence-corrected chi connectivity index (χ4v) is 1.40. The summed E-state index contributed by atoms with van der Waals surface area (Å²) in [5.41, 5.74) is 4.93. The van der Waals surface area contributed by atoms with Crippen molar-refractivity contribution in [2.45, 2.75) is 32.2 Å². The van der Waals surface area contributed by atoms with E-state index >= 15 is 0 Å². The number of urea groups is 1. The highest BCUT2D eigenvalue weighted by Gasteiger charge is 2.22. The Morgan fingerprint density at radius 2 is 1.90 bits per heavy atom. The van der Waals surface area contributed by atoms with Gasteiger partial charge in [0.2, 0.25) is 5.91 Å². The number of ether oxygens (including phenoxy) is 1. The number of nitrogens with zero attached hydrogens (tertiary/aromatic N) is 1. The van der Waals surface area contributed by atoms with Crippen molar-refractivity contribution >= 4 is 23.9 Å². The van der Waals surface area contributed by atoms with Gasteiger partial charge in [-0.1, -0.05) is 0 Å². The first-order valence-electron chi connectivity index (χ1n) is 6.46. The second-order valence-electron chi connectivity index (χ2n) is 4.32. The van der Waals surface area contributed by atoms with Crippen LogP contribution in [0.1, 0.15) is 26.2 Å². The number of hydrogen-bond acceptors (Lipinski definition) is 5. The van der Waals surface area contributed by atoms with Gasteiger partial charge in [-0.2, -0.15) is 0 Å². The van der Waals surface area contributed by atoms with Crippen LogP contribution in [0.2, 0.25) is 0 Å². The SMILES string of the molecule is CCOC(=O)CCN(C)C(=O)NC(CCC(N)=O)C(=O)O. The van der Waals surface area contributed by atoms with Crippen LogP contribution in [0.15, 0.2) is 0 Å². The van der Waals surface area contributed by atoms with Crippen LogP contribution < -0.4 is 11.1 Å². The summed E-state index contributed by atoms with van der Waals surface area (Å²) in [7, 11) is 1.42. The number of aliphatic carboxylic acids is 1. The van der Waals surface area contributed by atoms with Crippen molar-refractivity contribution in [2.75, 3.05) is 20.2 Å². The summed E-state index contributed by atoms with van der Waals surface area (Å²) >= 11 is 0. The van der Waals surface area contributed by atoms with Crippen molar-refractivity contribution in [3.05, 3.63) is 0 Å². The number of primary amides is 1. The molecular weight excluding hydrogens is 282 g/mol. The summed E-state index contributed by atoms with van der Waals surface area (Å²) < 4.78 is 4.71. The van der Waals surface area contributed by atoms with Crippen molar-refractivity contribution in [2.24, 2.45) is 5.73 Å². The van der Waals surface area contributed by atoms with E-state index in [4.69, 9.17) is 15.6 Å². The zero-order valence-electron chi connectivity index (χ0n) is 12.1. The molecule has 0 aliphatic rings. The van der Waals surface area contributed by atoms with Gasteiger partial charge in [0.05, 0.1) is 13.0 Å². The predicted molar refractivity (Wildman–Crippen MR) is 72.3 cm³/mol. The molecule has 0 heterocycles. The second-order valence-corrected chi connectivity index (χ2v) is 4.32. The highest BCUT2D eigenvalue weighted by atomic mass is 16.5. The topological polar surface area (TPSA) is 139 Å². The Bertz CT molecular complexity index is 398. The molecule has 0 rings (SSSR count). The van der Waals surface area contributed by atoms with Crippen LogP contribution in [0.3, 0.4) is 0 Å². The van der Waals surface area contributed by atoms with Crippen molar-refractivity contribution in [3.8, 4) is 0 Å². The monoisotopic (exact) mass is 303 g/mol. The summed E-state index contributed by atoms with van der Waals surface area (Å²) in [6.45, 7) is 2.01. The van der Waals surface area contributed by atoms with Gasteiger partial charge in [-0.05, 0) is 13.3 Å². The van der Waals surface area contributed by atoms with E-state index in [-0.39, 0.29) is 32.4 Å². The number of carbonyl (C=O) groups is 4. The Hall–Kier alpha value is -2.32. The first kappa shape index (κ1) is 18.7. The number of esters is 1. The molecule has 1 unspecified atom stereocenters. The zero-order chi connectivity index (χ0) is 16.4. The van der Waals surface area contributed by atoms with E-state index in [1.165, 1.54) is 7.05 Å². The Kier molecular flexibility index (Phi) is 8.51. The van der Waals surface area contributed by atoms with Crippen LogP contribution in [-0.4, -0.2) is 60.1 Å². The van der Waals surface area contributed by atoms with E-state index in [1.807, 2.05) is 0 Å². The number of hydrogen-bond donors (Lipinski definition) is 3. The van der Waals surface area contributed by atoms with Gasteiger partial charge in [-0.3, -0.25) is 9.59 Å². The van der Waals surface area contributed by atoms with E-state index in [2.05, 4.69) is 5.32 Å². The lowest BCUT2D eigenvalue weighted by Crippen LogP contribution is -2.47. The predicted octanol–water partition coefficient (Wildman–Crippen LogP) is -0.700. The van der Waals surface area contributed by atoms with E-state index in [0.717, 1.165) is 4.90 Å². The Morgan fingerprint density at radius 1 is 1.29 bits per heavy atom. The normalized spacial score (nSPS) is 11.3. The molecule has 0 aromatic rings. The second kappa shape index (κ2) is 9.56. The molecule has 9 heteroatoms. The lowest BCUT2D eigenvalue weighted by Gasteiger charge is -2.20. The number of carboxylic acids is 1. The first-order valence-corrected chi connectivity index (χ1v) is 6.46. The fraction of sp³-hybridized carbons (Fsp3) is 0.667. The summed E-state index contributed by atoms with van der Waals surface area (Å²) in [5.74, 6) is -2.35. The molecule has 1 atom stereocenters. The number of nitrogens with one attached hydrogen (secondary N) is 1. The van der Waals surface area contributed by atoms with Crippen LogP contribution in [0, 0.1) is 0 Å². The molecule has 0 fully saturated rings. The fourth-order valence-electron chi connectivity index (χ4n) is 1.40. The van der Waals surface area contributed by atoms with Crippen molar-refractivity contribution in [1.29, 1.82) is 0 Å². The standard InChI is InChI=1S/C12H21N3O6/c1-3-21-10(17)6-7-15(2)12(20)14-8(11(18)19)4-5-9(13)16/h8H,3-7H2,1-2H3,(H2,13,16)(H,14,20)(H,18,19). The minimum absolute atomic E-state index is 0.0107. The van der Waals surface area contributed by atoms with Gasteiger partial charge in [0.25, 0.3) is 0 Å². The average molecular weight is 303 g/mol. The van der Waals surface area contributed by atoms with Crippen molar-refractivity contribution in [1.82, 2.24) is 10.2 Å². The molecule has 0 aromatic carbocycles. The van der Waals surface area contributed by atoms with Crippen LogP contribution in [-0.2, 0) is 19.1 Å². The zero-order valence-corrected chi connectivity index (χ0v) is 12.1. The molecule has 120 valence electrons. The van der Waals surface area contributed by atoms with E-state index < -0.39 is 29.9 Å². The van der Waals surface area contributed by atoms with Gasteiger partial charge in [0.15, 0.2) is 0 Å². The van der Waals surface area contributed by atoms with E-state index in [9.17, 15) is 19.2 Å². The number of carbonyl (C=O) groups excluding carboxylic acids is 3. The number of amides is 3. The molecule has 0 aliphatic carbocycles. The Balaban J connectivity index is 4.30. The quantitative estimate of drug-likeness (QED) is 0.481. The Labute approximate surface area is 122 Å². The molecule has 21 heavy (non-hydrogen) atoms. The van der Waals surface area contributed by atoms with Crippen LogP contribution in [0.5, 0.6) is 0 Å². The third-order valence-electron chi connectivity index (χ3n) is 2.58. The molecule has 9 nitrogen and oxygen atoms in total. The first-order chi connectivity index (χ1) is 9.77. The van der Waals surface area contributed by atoms with Crippen molar-refractivity contribution in [3.63, 3.8) is 0 Å². The van der Waals surface area contributed by atoms with Gasteiger partial charge in [0.1, 0.15) is 6.04 Å².